The van der Waals surface area contributed by atoms with Gasteiger partial charge in [-0.15, -0.1) is 0 Å². The van der Waals surface area contributed by atoms with Gasteiger partial charge in [-0.1, -0.05) is 44.2 Å². The fraction of sp³-hybridized carbons (Fsp3) is 0.647. The van der Waals surface area contributed by atoms with E-state index in [2.05, 4.69) is 68.4 Å². The molecule has 2 rings (SSSR count). The van der Waals surface area contributed by atoms with Gasteiger partial charge in [-0.3, -0.25) is 0 Å². The van der Waals surface area contributed by atoms with Crippen molar-refractivity contribution in [2.45, 2.75) is 45.7 Å². The van der Waals surface area contributed by atoms with Crippen LogP contribution in [-0.4, -0.2) is 31.1 Å². The molecule has 0 spiro atoms. The first-order valence-electron chi connectivity index (χ1n) is 7.51. The van der Waals surface area contributed by atoms with Crippen LogP contribution in [0.25, 0.3) is 0 Å². The van der Waals surface area contributed by atoms with E-state index in [9.17, 15) is 0 Å². The maximum absolute atomic E-state index is 3.52. The maximum atomic E-state index is 3.52. The quantitative estimate of drug-likeness (QED) is 0.872. The Balaban J connectivity index is 2.12. The summed E-state index contributed by atoms with van der Waals surface area (Å²) in [7, 11) is 2.08. The van der Waals surface area contributed by atoms with Gasteiger partial charge in [-0.25, -0.2) is 0 Å². The summed E-state index contributed by atoms with van der Waals surface area (Å²) >= 11 is 0. The average Bonchev–Trinajstić information content (AvgIpc) is 2.76. The first-order chi connectivity index (χ1) is 9.04. The molecule has 1 aromatic carbocycles. The van der Waals surface area contributed by atoms with Gasteiger partial charge in [0.1, 0.15) is 0 Å². The Bertz CT molecular complexity index is 386. The minimum atomic E-state index is 0.231. The fourth-order valence-corrected chi connectivity index (χ4v) is 3.50. The molecular formula is C17H28N2. The molecule has 2 unspecified atom stereocenters. The predicted molar refractivity (Wildman–Crippen MR) is 82.3 cm³/mol. The van der Waals surface area contributed by atoms with Crippen LogP contribution in [0.1, 0.15) is 45.2 Å². The molecule has 1 N–H and O–H groups in total. The van der Waals surface area contributed by atoms with Crippen molar-refractivity contribution in [2.24, 2.45) is 5.41 Å². The lowest BCUT2D eigenvalue weighted by molar-refractivity contribution is 0.135. The molecular weight excluding hydrogens is 232 g/mol. The van der Waals surface area contributed by atoms with E-state index in [4.69, 9.17) is 0 Å². The molecule has 2 heteroatoms. The highest BCUT2D eigenvalue weighted by Gasteiger charge is 2.34. The Morgan fingerprint density at radius 3 is 2.53 bits per heavy atom. The molecule has 2 nitrogen and oxygen atoms in total. The van der Waals surface area contributed by atoms with Gasteiger partial charge in [0.15, 0.2) is 0 Å². The van der Waals surface area contributed by atoms with Gasteiger partial charge in [-0.05, 0) is 44.3 Å². The molecule has 0 radical (unpaired) electrons. The smallest absolute Gasteiger partial charge is 0.0381 e. The summed E-state index contributed by atoms with van der Waals surface area (Å²) in [5.41, 5.74) is 1.62. The van der Waals surface area contributed by atoms with Gasteiger partial charge < -0.3 is 10.2 Å². The van der Waals surface area contributed by atoms with Gasteiger partial charge in [-0.2, -0.15) is 0 Å². The summed E-state index contributed by atoms with van der Waals surface area (Å²) in [6, 6.07) is 12.0. The van der Waals surface area contributed by atoms with Crippen molar-refractivity contribution < 1.29 is 0 Å². The monoisotopic (exact) mass is 260 g/mol. The van der Waals surface area contributed by atoms with Crippen LogP contribution in [0.15, 0.2) is 30.3 Å². The normalized spacial score (nSPS) is 22.6. The zero-order chi connectivity index (χ0) is 13.9. The number of nitrogens with zero attached hydrogens (tertiary/aromatic N) is 1. The molecule has 2 atom stereocenters. The number of likely N-dealkylation sites (tertiary alicyclic amines) is 1. The molecule has 0 amide bonds. The molecule has 0 aromatic heterocycles. The number of benzene rings is 1. The van der Waals surface area contributed by atoms with Crippen molar-refractivity contribution in [3.05, 3.63) is 35.9 Å². The lowest BCUT2D eigenvalue weighted by Gasteiger charge is -2.39. The highest BCUT2D eigenvalue weighted by molar-refractivity contribution is 5.21. The second-order valence-corrected chi connectivity index (χ2v) is 6.58. The van der Waals surface area contributed by atoms with Crippen LogP contribution in [0.3, 0.4) is 0 Å². The average molecular weight is 260 g/mol. The van der Waals surface area contributed by atoms with Gasteiger partial charge >= 0.3 is 0 Å². The maximum Gasteiger partial charge on any atom is 0.0381 e. The van der Waals surface area contributed by atoms with Crippen LogP contribution in [-0.2, 0) is 0 Å². The summed E-state index contributed by atoms with van der Waals surface area (Å²) in [4.78, 5) is 2.65. The van der Waals surface area contributed by atoms with Crippen molar-refractivity contribution in [1.82, 2.24) is 10.2 Å². The molecule has 106 valence electrons. The van der Waals surface area contributed by atoms with Crippen LogP contribution < -0.4 is 5.32 Å². The minimum Gasteiger partial charge on any atom is -0.313 e. The van der Waals surface area contributed by atoms with E-state index in [-0.39, 0.29) is 5.41 Å². The second kappa shape index (κ2) is 6.06. The summed E-state index contributed by atoms with van der Waals surface area (Å²) < 4.78 is 0. The van der Waals surface area contributed by atoms with Gasteiger partial charge in [0.2, 0.25) is 0 Å². The SMILES string of the molecule is CNC(c1ccccc1)C(C)(C)CN1CCCC1C. The minimum absolute atomic E-state index is 0.231. The third-order valence-electron chi connectivity index (χ3n) is 4.50. The Labute approximate surface area is 118 Å². The number of hydrogen-bond donors (Lipinski definition) is 1. The highest BCUT2D eigenvalue weighted by Crippen LogP contribution is 2.35. The zero-order valence-electron chi connectivity index (χ0n) is 12.8. The van der Waals surface area contributed by atoms with Crippen molar-refractivity contribution in [2.75, 3.05) is 20.1 Å². The molecule has 1 fully saturated rings. The van der Waals surface area contributed by atoms with Gasteiger partial charge in [0, 0.05) is 18.6 Å². The van der Waals surface area contributed by atoms with Gasteiger partial charge in [0.05, 0.1) is 0 Å². The molecule has 0 saturated carbocycles. The van der Waals surface area contributed by atoms with Crippen LogP contribution in [0.5, 0.6) is 0 Å². The Morgan fingerprint density at radius 2 is 2.00 bits per heavy atom. The standard InChI is InChI=1S/C17H28N2/c1-14-9-8-12-19(14)13-17(2,3)16(18-4)15-10-6-5-7-11-15/h5-7,10-11,14,16,18H,8-9,12-13H2,1-4H3. The predicted octanol–water partition coefficient (Wildman–Crippen LogP) is 3.46. The van der Waals surface area contributed by atoms with E-state index >= 15 is 0 Å². The Kier molecular flexibility index (Phi) is 4.64. The summed E-state index contributed by atoms with van der Waals surface area (Å²) in [5.74, 6) is 0. The Morgan fingerprint density at radius 1 is 1.32 bits per heavy atom. The third-order valence-corrected chi connectivity index (χ3v) is 4.50. The fourth-order valence-electron chi connectivity index (χ4n) is 3.50. The topological polar surface area (TPSA) is 15.3 Å². The number of rotatable bonds is 5. The van der Waals surface area contributed by atoms with Crippen molar-refractivity contribution >= 4 is 0 Å². The molecule has 1 aliphatic rings. The van der Waals surface area contributed by atoms with E-state index in [1.807, 2.05) is 0 Å². The Hall–Kier alpha value is -0.860. The first-order valence-corrected chi connectivity index (χ1v) is 7.51. The van der Waals surface area contributed by atoms with Crippen molar-refractivity contribution in [3.63, 3.8) is 0 Å². The molecule has 1 aliphatic heterocycles. The highest BCUT2D eigenvalue weighted by atomic mass is 15.2. The van der Waals surface area contributed by atoms with E-state index in [0.717, 1.165) is 12.6 Å². The number of nitrogens with one attached hydrogen (secondary N) is 1. The lowest BCUT2D eigenvalue weighted by atomic mass is 9.80. The van der Waals surface area contributed by atoms with Crippen LogP contribution >= 0.6 is 0 Å². The molecule has 1 aromatic rings. The lowest BCUT2D eigenvalue weighted by Crippen LogP contribution is -2.43. The molecule has 1 heterocycles. The van der Waals surface area contributed by atoms with Crippen LogP contribution in [0, 0.1) is 5.41 Å². The summed E-state index contributed by atoms with van der Waals surface area (Å²) in [6.45, 7) is 9.54. The third kappa shape index (κ3) is 3.37. The molecule has 0 bridgehead atoms. The number of hydrogen-bond acceptors (Lipinski definition) is 2. The summed E-state index contributed by atoms with van der Waals surface area (Å²) in [5, 5.41) is 3.52. The van der Waals surface area contributed by atoms with Crippen molar-refractivity contribution in [3.8, 4) is 0 Å². The molecule has 1 saturated heterocycles. The van der Waals surface area contributed by atoms with E-state index in [1.54, 1.807) is 0 Å². The second-order valence-electron chi connectivity index (χ2n) is 6.58. The van der Waals surface area contributed by atoms with Gasteiger partial charge in [0.25, 0.3) is 0 Å². The molecule has 19 heavy (non-hydrogen) atoms. The molecule has 0 aliphatic carbocycles. The summed E-state index contributed by atoms with van der Waals surface area (Å²) in [6.07, 6.45) is 2.71. The van der Waals surface area contributed by atoms with E-state index in [0.29, 0.717) is 6.04 Å². The largest absolute Gasteiger partial charge is 0.313 e. The van der Waals surface area contributed by atoms with Crippen LogP contribution in [0.2, 0.25) is 0 Å². The van der Waals surface area contributed by atoms with E-state index < -0.39 is 0 Å². The van der Waals surface area contributed by atoms with Crippen LogP contribution in [0.4, 0.5) is 0 Å². The van der Waals surface area contributed by atoms with E-state index in [1.165, 1.54) is 24.9 Å². The first kappa shape index (κ1) is 14.5. The van der Waals surface area contributed by atoms with Crippen molar-refractivity contribution in [1.29, 1.82) is 0 Å². The zero-order valence-corrected chi connectivity index (χ0v) is 12.8.